The minimum atomic E-state index is -0.821. The zero-order valence-corrected chi connectivity index (χ0v) is 17.8. The van der Waals surface area contributed by atoms with E-state index in [2.05, 4.69) is 40.4 Å². The molecule has 2 aliphatic rings. The van der Waals surface area contributed by atoms with Gasteiger partial charge in [0, 0.05) is 17.8 Å². The summed E-state index contributed by atoms with van der Waals surface area (Å²) in [5.74, 6) is -2.65. The second kappa shape index (κ2) is 8.96. The van der Waals surface area contributed by atoms with Crippen molar-refractivity contribution < 1.29 is 18.8 Å². The molecular weight excluding hydrogens is 413 g/mol. The Labute approximate surface area is 185 Å². The standard InChI is InChI=1S/C23H26FN5O3/c1-12(2)13-3-7-15(8-4-13)25-21(31)17-11-18(30)27-20-19(17)22(32)29-23(28-20)26-16-9-5-14(24)6-10-16/h3-10,12,17,19-20,23,26,28H,11H2,1-2H3,(H,25,31)(H,27,30)(H,29,32). The van der Waals surface area contributed by atoms with Crippen molar-refractivity contribution in [3.8, 4) is 0 Å². The maximum Gasteiger partial charge on any atom is 0.229 e. The Kier molecular flexibility index (Phi) is 6.09. The van der Waals surface area contributed by atoms with Crippen LogP contribution >= 0.6 is 0 Å². The van der Waals surface area contributed by atoms with Gasteiger partial charge in [-0.2, -0.15) is 0 Å². The van der Waals surface area contributed by atoms with Crippen molar-refractivity contribution in [3.05, 3.63) is 59.9 Å². The normalized spacial score (nSPS) is 24.9. The van der Waals surface area contributed by atoms with Gasteiger partial charge in [0.05, 0.1) is 18.0 Å². The Morgan fingerprint density at radius 1 is 1.00 bits per heavy atom. The number of benzene rings is 2. The molecule has 0 bridgehead atoms. The second-order valence-electron chi connectivity index (χ2n) is 8.41. The smallest absolute Gasteiger partial charge is 0.229 e. The van der Waals surface area contributed by atoms with Crippen LogP contribution in [0.4, 0.5) is 15.8 Å². The molecule has 0 saturated carbocycles. The number of piperidine rings is 1. The Balaban J connectivity index is 1.45. The highest BCUT2D eigenvalue weighted by Gasteiger charge is 2.48. The highest BCUT2D eigenvalue weighted by Crippen LogP contribution is 2.28. The minimum Gasteiger partial charge on any atom is -0.353 e. The highest BCUT2D eigenvalue weighted by atomic mass is 19.1. The molecule has 4 rings (SSSR count). The quantitative estimate of drug-likeness (QED) is 0.490. The van der Waals surface area contributed by atoms with Crippen LogP contribution in [0.5, 0.6) is 0 Å². The van der Waals surface area contributed by atoms with Crippen LogP contribution in [0.1, 0.15) is 31.7 Å². The molecule has 32 heavy (non-hydrogen) atoms. The van der Waals surface area contributed by atoms with Gasteiger partial charge in [-0.25, -0.2) is 4.39 Å². The monoisotopic (exact) mass is 439 g/mol. The number of nitrogens with one attached hydrogen (secondary N) is 5. The van der Waals surface area contributed by atoms with Gasteiger partial charge >= 0.3 is 0 Å². The van der Waals surface area contributed by atoms with Crippen molar-refractivity contribution in [2.24, 2.45) is 11.8 Å². The molecule has 4 atom stereocenters. The molecule has 3 amide bonds. The van der Waals surface area contributed by atoms with Crippen molar-refractivity contribution in [2.45, 2.75) is 38.6 Å². The summed E-state index contributed by atoms with van der Waals surface area (Å²) in [5, 5.41) is 14.5. The minimum absolute atomic E-state index is 0.0811. The maximum atomic E-state index is 13.1. The molecule has 5 N–H and O–H groups in total. The van der Waals surface area contributed by atoms with Gasteiger partial charge in [-0.3, -0.25) is 19.7 Å². The average molecular weight is 439 g/mol. The van der Waals surface area contributed by atoms with E-state index in [1.165, 1.54) is 24.3 Å². The lowest BCUT2D eigenvalue weighted by atomic mass is 9.81. The van der Waals surface area contributed by atoms with Gasteiger partial charge in [0.1, 0.15) is 5.82 Å². The Morgan fingerprint density at radius 2 is 1.66 bits per heavy atom. The van der Waals surface area contributed by atoms with Crippen LogP contribution in [-0.4, -0.2) is 30.2 Å². The topological polar surface area (TPSA) is 111 Å². The lowest BCUT2D eigenvalue weighted by Crippen LogP contribution is -2.72. The van der Waals surface area contributed by atoms with Gasteiger partial charge in [0.15, 0.2) is 6.29 Å². The van der Waals surface area contributed by atoms with Crippen LogP contribution in [-0.2, 0) is 14.4 Å². The van der Waals surface area contributed by atoms with Gasteiger partial charge in [-0.15, -0.1) is 0 Å². The van der Waals surface area contributed by atoms with E-state index in [-0.39, 0.29) is 30.0 Å². The molecule has 0 aromatic heterocycles. The van der Waals surface area contributed by atoms with E-state index < -0.39 is 24.3 Å². The van der Waals surface area contributed by atoms with Crippen LogP contribution in [0.3, 0.4) is 0 Å². The lowest BCUT2D eigenvalue weighted by molar-refractivity contribution is -0.144. The van der Waals surface area contributed by atoms with Crippen LogP contribution in [0, 0.1) is 17.7 Å². The van der Waals surface area contributed by atoms with E-state index in [9.17, 15) is 18.8 Å². The average Bonchev–Trinajstić information content (AvgIpc) is 2.75. The van der Waals surface area contributed by atoms with Gasteiger partial charge in [0.25, 0.3) is 0 Å². The number of amides is 3. The molecule has 0 radical (unpaired) electrons. The predicted octanol–water partition coefficient (Wildman–Crippen LogP) is 2.08. The Morgan fingerprint density at radius 3 is 2.31 bits per heavy atom. The number of carbonyl (C=O) groups is 3. The van der Waals surface area contributed by atoms with Gasteiger partial charge in [0.2, 0.25) is 17.7 Å². The van der Waals surface area contributed by atoms with Crippen molar-refractivity contribution >= 4 is 29.1 Å². The zero-order valence-electron chi connectivity index (χ0n) is 17.8. The molecular formula is C23H26FN5O3. The van der Waals surface area contributed by atoms with Crippen LogP contribution in [0.2, 0.25) is 0 Å². The summed E-state index contributed by atoms with van der Waals surface area (Å²) in [6.07, 6.45) is -1.50. The van der Waals surface area contributed by atoms with Crippen LogP contribution < -0.4 is 26.6 Å². The molecule has 2 heterocycles. The predicted molar refractivity (Wildman–Crippen MR) is 118 cm³/mol. The first-order valence-corrected chi connectivity index (χ1v) is 10.6. The lowest BCUT2D eigenvalue weighted by Gasteiger charge is -2.43. The van der Waals surface area contributed by atoms with E-state index in [0.717, 1.165) is 5.56 Å². The number of anilines is 2. The number of carbonyl (C=O) groups excluding carboxylic acids is 3. The Bertz CT molecular complexity index is 1010. The summed E-state index contributed by atoms with van der Waals surface area (Å²) in [4.78, 5) is 38.2. The zero-order chi connectivity index (χ0) is 22.8. The summed E-state index contributed by atoms with van der Waals surface area (Å²) < 4.78 is 13.1. The van der Waals surface area contributed by atoms with Crippen molar-refractivity contribution in [3.63, 3.8) is 0 Å². The van der Waals surface area contributed by atoms with Crippen molar-refractivity contribution in [1.82, 2.24) is 16.0 Å². The molecule has 8 nitrogen and oxygen atoms in total. The van der Waals surface area contributed by atoms with E-state index in [4.69, 9.17) is 0 Å². The molecule has 168 valence electrons. The number of hydrogen-bond donors (Lipinski definition) is 5. The van der Waals surface area contributed by atoms with E-state index in [1.54, 1.807) is 0 Å². The van der Waals surface area contributed by atoms with Crippen LogP contribution in [0.15, 0.2) is 48.5 Å². The first-order valence-electron chi connectivity index (χ1n) is 10.6. The number of hydrogen-bond acceptors (Lipinski definition) is 5. The van der Waals surface area contributed by atoms with E-state index in [0.29, 0.717) is 17.3 Å². The van der Waals surface area contributed by atoms with Gasteiger partial charge in [-0.05, 0) is 47.9 Å². The molecule has 2 fully saturated rings. The third kappa shape index (κ3) is 4.72. The molecule has 2 aliphatic heterocycles. The molecule has 9 heteroatoms. The number of fused-ring (bicyclic) bond motifs is 1. The fourth-order valence-electron chi connectivity index (χ4n) is 4.05. The molecule has 4 unspecified atom stereocenters. The van der Waals surface area contributed by atoms with E-state index >= 15 is 0 Å². The largest absolute Gasteiger partial charge is 0.353 e. The SMILES string of the molecule is CC(C)c1ccc(NC(=O)C2CC(=O)NC3NC(Nc4ccc(F)cc4)NC(=O)C32)cc1. The molecule has 0 aliphatic carbocycles. The third-order valence-corrected chi connectivity index (χ3v) is 5.79. The highest BCUT2D eigenvalue weighted by molar-refractivity contribution is 6.00. The van der Waals surface area contributed by atoms with Gasteiger partial charge in [-0.1, -0.05) is 26.0 Å². The summed E-state index contributed by atoms with van der Waals surface area (Å²) in [7, 11) is 0. The number of halogens is 1. The fourth-order valence-corrected chi connectivity index (χ4v) is 4.05. The van der Waals surface area contributed by atoms with Gasteiger partial charge < -0.3 is 21.3 Å². The second-order valence-corrected chi connectivity index (χ2v) is 8.41. The first-order chi connectivity index (χ1) is 15.3. The van der Waals surface area contributed by atoms with Crippen LogP contribution in [0.25, 0.3) is 0 Å². The number of rotatable bonds is 5. The molecule has 2 saturated heterocycles. The first kappa shape index (κ1) is 21.8. The summed E-state index contributed by atoms with van der Waals surface area (Å²) in [6.45, 7) is 4.17. The van der Waals surface area contributed by atoms with Crippen molar-refractivity contribution in [1.29, 1.82) is 0 Å². The molecule has 2 aromatic carbocycles. The molecule has 0 spiro atoms. The van der Waals surface area contributed by atoms with E-state index in [1.807, 2.05) is 24.3 Å². The maximum absolute atomic E-state index is 13.1. The van der Waals surface area contributed by atoms with Crippen molar-refractivity contribution in [2.75, 3.05) is 10.6 Å². The Hall–Kier alpha value is -3.46. The summed E-state index contributed by atoms with van der Waals surface area (Å²) in [5.41, 5.74) is 2.35. The summed E-state index contributed by atoms with van der Waals surface area (Å²) >= 11 is 0. The fraction of sp³-hybridized carbons (Fsp3) is 0.348. The third-order valence-electron chi connectivity index (χ3n) is 5.79. The molecule has 2 aromatic rings. The summed E-state index contributed by atoms with van der Waals surface area (Å²) in [6, 6.07) is 13.2.